The quantitative estimate of drug-likeness (QED) is 0.845. The van der Waals surface area contributed by atoms with Crippen LogP contribution in [-0.4, -0.2) is 51.3 Å². The summed E-state index contributed by atoms with van der Waals surface area (Å²) in [5.41, 5.74) is 0.979. The average Bonchev–Trinajstić information content (AvgIpc) is 3.23. The van der Waals surface area contributed by atoms with Gasteiger partial charge in [0.2, 0.25) is 5.95 Å². The molecule has 2 saturated heterocycles. The molecule has 0 radical (unpaired) electrons. The molecule has 4 heterocycles. The first-order valence-electron chi connectivity index (χ1n) is 8.40. The zero-order chi connectivity index (χ0) is 16.4. The first-order valence-corrected chi connectivity index (χ1v) is 8.40. The summed E-state index contributed by atoms with van der Waals surface area (Å²) in [6.07, 6.45) is 9.92. The van der Waals surface area contributed by atoms with Crippen molar-refractivity contribution in [1.29, 1.82) is 0 Å². The van der Waals surface area contributed by atoms with Gasteiger partial charge in [0.1, 0.15) is 6.10 Å². The van der Waals surface area contributed by atoms with Crippen LogP contribution in [-0.2, 0) is 11.2 Å². The standard InChI is InChI=1S/C17H21N5O2/c1-2-13-9-20-15(21-10-13)22-7-4-17(12-22)8-14(11-23-17)24-16-18-5-3-6-19-16/h3,5-6,9-10,14H,2,4,7-8,11-12H2,1H3/t14-,17-/m0/s1. The Bertz CT molecular complexity index is 681. The number of hydrogen-bond acceptors (Lipinski definition) is 7. The molecule has 2 aliphatic heterocycles. The van der Waals surface area contributed by atoms with E-state index >= 15 is 0 Å². The smallest absolute Gasteiger partial charge is 0.316 e. The molecule has 126 valence electrons. The molecule has 0 unspecified atom stereocenters. The fraction of sp³-hybridized carbons (Fsp3) is 0.529. The van der Waals surface area contributed by atoms with Crippen LogP contribution in [0.3, 0.4) is 0 Å². The molecule has 7 heteroatoms. The molecule has 0 aliphatic carbocycles. The van der Waals surface area contributed by atoms with E-state index in [1.54, 1.807) is 18.5 Å². The number of aromatic nitrogens is 4. The van der Waals surface area contributed by atoms with Gasteiger partial charge in [-0.05, 0) is 24.5 Å². The van der Waals surface area contributed by atoms with Crippen LogP contribution in [0, 0.1) is 0 Å². The summed E-state index contributed by atoms with van der Waals surface area (Å²) in [6.45, 7) is 4.38. The summed E-state index contributed by atoms with van der Waals surface area (Å²) in [5.74, 6) is 0.781. The topological polar surface area (TPSA) is 73.3 Å². The van der Waals surface area contributed by atoms with Crippen LogP contribution in [0.1, 0.15) is 25.3 Å². The SMILES string of the molecule is CCc1cnc(N2CC[C@]3(C[C@H](Oc4ncccn4)CO3)C2)nc1. The molecule has 0 aromatic carbocycles. The van der Waals surface area contributed by atoms with Gasteiger partial charge in [-0.1, -0.05) is 6.92 Å². The molecular weight excluding hydrogens is 306 g/mol. The zero-order valence-electron chi connectivity index (χ0n) is 13.8. The second kappa shape index (κ2) is 6.32. The van der Waals surface area contributed by atoms with Crippen molar-refractivity contribution >= 4 is 5.95 Å². The first-order chi connectivity index (χ1) is 11.8. The molecule has 24 heavy (non-hydrogen) atoms. The van der Waals surface area contributed by atoms with Crippen LogP contribution in [0.4, 0.5) is 5.95 Å². The normalized spacial score (nSPS) is 26.2. The summed E-state index contributed by atoms with van der Waals surface area (Å²) in [4.78, 5) is 19.4. The van der Waals surface area contributed by atoms with Crippen LogP contribution in [0.15, 0.2) is 30.9 Å². The number of hydrogen-bond donors (Lipinski definition) is 0. The molecular formula is C17H21N5O2. The van der Waals surface area contributed by atoms with Crippen molar-refractivity contribution < 1.29 is 9.47 Å². The van der Waals surface area contributed by atoms with Crippen molar-refractivity contribution in [1.82, 2.24) is 19.9 Å². The van der Waals surface area contributed by atoms with Gasteiger partial charge < -0.3 is 14.4 Å². The maximum atomic E-state index is 6.11. The van der Waals surface area contributed by atoms with Gasteiger partial charge in [0.15, 0.2) is 0 Å². The van der Waals surface area contributed by atoms with Gasteiger partial charge in [-0.15, -0.1) is 0 Å². The molecule has 0 saturated carbocycles. The van der Waals surface area contributed by atoms with Crippen LogP contribution in [0.5, 0.6) is 6.01 Å². The van der Waals surface area contributed by atoms with E-state index in [4.69, 9.17) is 9.47 Å². The molecule has 2 aromatic heterocycles. The highest BCUT2D eigenvalue weighted by atomic mass is 16.6. The van der Waals surface area contributed by atoms with Crippen molar-refractivity contribution in [3.63, 3.8) is 0 Å². The highest BCUT2D eigenvalue weighted by molar-refractivity contribution is 5.34. The van der Waals surface area contributed by atoms with Crippen LogP contribution in [0.25, 0.3) is 0 Å². The minimum atomic E-state index is -0.174. The highest BCUT2D eigenvalue weighted by Crippen LogP contribution is 2.37. The van der Waals surface area contributed by atoms with Crippen molar-refractivity contribution in [3.05, 3.63) is 36.4 Å². The predicted molar refractivity (Wildman–Crippen MR) is 88.0 cm³/mol. The summed E-state index contributed by atoms with van der Waals surface area (Å²) in [7, 11) is 0. The van der Waals surface area contributed by atoms with Crippen molar-refractivity contribution in [2.24, 2.45) is 0 Å². The molecule has 2 atom stereocenters. The largest absolute Gasteiger partial charge is 0.458 e. The lowest BCUT2D eigenvalue weighted by Gasteiger charge is -2.23. The van der Waals surface area contributed by atoms with Gasteiger partial charge in [0.25, 0.3) is 0 Å². The third kappa shape index (κ3) is 3.03. The van der Waals surface area contributed by atoms with Gasteiger partial charge in [-0.3, -0.25) is 0 Å². The third-order valence-electron chi connectivity index (χ3n) is 4.69. The van der Waals surface area contributed by atoms with Crippen molar-refractivity contribution in [3.8, 4) is 6.01 Å². The molecule has 0 amide bonds. The molecule has 2 aromatic rings. The molecule has 4 rings (SSSR count). The fourth-order valence-corrected chi connectivity index (χ4v) is 3.37. The van der Waals surface area contributed by atoms with Gasteiger partial charge in [0.05, 0.1) is 18.8 Å². The predicted octanol–water partition coefficient (Wildman–Crippen LogP) is 1.65. The van der Waals surface area contributed by atoms with E-state index in [0.29, 0.717) is 12.6 Å². The average molecular weight is 327 g/mol. The van der Waals surface area contributed by atoms with E-state index < -0.39 is 0 Å². The van der Waals surface area contributed by atoms with Crippen molar-refractivity contribution in [2.45, 2.75) is 37.9 Å². The Balaban J connectivity index is 1.39. The van der Waals surface area contributed by atoms with E-state index in [0.717, 1.165) is 43.9 Å². The Morgan fingerprint density at radius 3 is 2.79 bits per heavy atom. The summed E-state index contributed by atoms with van der Waals surface area (Å²) < 4.78 is 11.9. The summed E-state index contributed by atoms with van der Waals surface area (Å²) >= 11 is 0. The summed E-state index contributed by atoms with van der Waals surface area (Å²) in [5, 5.41) is 0. The fourth-order valence-electron chi connectivity index (χ4n) is 3.37. The Morgan fingerprint density at radius 1 is 1.25 bits per heavy atom. The molecule has 2 fully saturated rings. The van der Waals surface area contributed by atoms with Gasteiger partial charge in [-0.2, -0.15) is 0 Å². The van der Waals surface area contributed by atoms with Crippen LogP contribution in [0.2, 0.25) is 0 Å². The maximum absolute atomic E-state index is 6.11. The van der Waals surface area contributed by atoms with E-state index in [2.05, 4.69) is 31.8 Å². The second-order valence-electron chi connectivity index (χ2n) is 6.39. The summed E-state index contributed by atoms with van der Waals surface area (Å²) in [6, 6.07) is 2.19. The number of rotatable bonds is 4. The first kappa shape index (κ1) is 15.3. The second-order valence-corrected chi connectivity index (χ2v) is 6.39. The highest BCUT2D eigenvalue weighted by Gasteiger charge is 2.47. The van der Waals surface area contributed by atoms with E-state index in [1.807, 2.05) is 12.4 Å². The molecule has 1 spiro atoms. The lowest BCUT2D eigenvalue weighted by molar-refractivity contribution is 0.0192. The molecule has 0 bridgehead atoms. The Morgan fingerprint density at radius 2 is 2.04 bits per heavy atom. The van der Waals surface area contributed by atoms with Crippen LogP contribution < -0.4 is 9.64 Å². The Hall–Kier alpha value is -2.28. The number of ether oxygens (including phenoxy) is 2. The van der Waals surface area contributed by atoms with E-state index in [1.165, 1.54) is 0 Å². The Kier molecular flexibility index (Phi) is 4.02. The molecule has 0 N–H and O–H groups in total. The minimum absolute atomic E-state index is 0.00395. The van der Waals surface area contributed by atoms with Crippen LogP contribution >= 0.6 is 0 Å². The van der Waals surface area contributed by atoms with Crippen molar-refractivity contribution in [2.75, 3.05) is 24.6 Å². The van der Waals surface area contributed by atoms with E-state index in [-0.39, 0.29) is 11.7 Å². The lowest BCUT2D eigenvalue weighted by atomic mass is 9.98. The number of nitrogens with zero attached hydrogens (tertiary/aromatic N) is 5. The van der Waals surface area contributed by atoms with Gasteiger partial charge >= 0.3 is 6.01 Å². The lowest BCUT2D eigenvalue weighted by Crippen LogP contribution is -2.34. The molecule has 7 nitrogen and oxygen atoms in total. The zero-order valence-corrected chi connectivity index (χ0v) is 13.8. The monoisotopic (exact) mass is 327 g/mol. The van der Waals surface area contributed by atoms with Gasteiger partial charge in [0, 0.05) is 37.8 Å². The molecule has 2 aliphatic rings. The van der Waals surface area contributed by atoms with Gasteiger partial charge in [-0.25, -0.2) is 19.9 Å². The Labute approximate surface area is 141 Å². The van der Waals surface area contributed by atoms with E-state index in [9.17, 15) is 0 Å². The third-order valence-corrected chi connectivity index (χ3v) is 4.69. The minimum Gasteiger partial charge on any atom is -0.458 e. The maximum Gasteiger partial charge on any atom is 0.316 e. The number of anilines is 1. The number of aryl methyl sites for hydroxylation is 1.